The van der Waals surface area contributed by atoms with E-state index in [1.54, 1.807) is 6.20 Å². The summed E-state index contributed by atoms with van der Waals surface area (Å²) < 4.78 is 0.922. The summed E-state index contributed by atoms with van der Waals surface area (Å²) in [6, 6.07) is 2.16. The molecule has 100 valence electrons. The van der Waals surface area contributed by atoms with Crippen molar-refractivity contribution < 1.29 is 4.79 Å². The third-order valence-corrected chi connectivity index (χ3v) is 3.97. The second-order valence-corrected chi connectivity index (χ2v) is 5.82. The van der Waals surface area contributed by atoms with E-state index in [4.69, 9.17) is 0 Å². The first-order chi connectivity index (χ1) is 8.61. The molecule has 1 aliphatic rings. The molecule has 1 aromatic rings. The largest absolute Gasteiger partial charge is 0.356 e. The summed E-state index contributed by atoms with van der Waals surface area (Å²) in [5.74, 6) is 0.114. The van der Waals surface area contributed by atoms with Gasteiger partial charge >= 0.3 is 0 Å². The van der Waals surface area contributed by atoms with Crippen LogP contribution >= 0.6 is 15.9 Å². The number of rotatable bonds is 2. The summed E-state index contributed by atoms with van der Waals surface area (Å²) >= 11 is 3.37. The Hall–Kier alpha value is -0.810. The Morgan fingerprint density at radius 1 is 1.56 bits per heavy atom. The van der Waals surface area contributed by atoms with E-state index in [0.717, 1.165) is 36.9 Å². The van der Waals surface area contributed by atoms with Crippen molar-refractivity contribution in [1.29, 1.82) is 0 Å². The molecular weight excluding hydrogens is 294 g/mol. The highest BCUT2D eigenvalue weighted by Gasteiger charge is 2.27. The molecule has 1 unspecified atom stereocenters. The number of carbonyl (C=O) groups is 1. The van der Waals surface area contributed by atoms with E-state index < -0.39 is 0 Å². The van der Waals surface area contributed by atoms with Gasteiger partial charge in [-0.15, -0.1) is 0 Å². The first kappa shape index (κ1) is 13.6. The van der Waals surface area contributed by atoms with Crippen LogP contribution in [0.15, 0.2) is 16.7 Å². The minimum Gasteiger partial charge on any atom is -0.356 e. The zero-order chi connectivity index (χ0) is 13.1. The summed E-state index contributed by atoms with van der Waals surface area (Å²) in [6.45, 7) is 5.02. The van der Waals surface area contributed by atoms with Crippen LogP contribution in [0.2, 0.25) is 0 Å². The molecule has 1 amide bonds. The van der Waals surface area contributed by atoms with Gasteiger partial charge in [0, 0.05) is 29.8 Å². The molecule has 1 fully saturated rings. The molecule has 1 aromatic heterocycles. The van der Waals surface area contributed by atoms with Crippen LogP contribution in [0.25, 0.3) is 0 Å². The van der Waals surface area contributed by atoms with Crippen LogP contribution in [0.1, 0.15) is 30.3 Å². The van der Waals surface area contributed by atoms with E-state index in [2.05, 4.69) is 39.8 Å². The van der Waals surface area contributed by atoms with Crippen molar-refractivity contribution in [3.8, 4) is 0 Å². The standard InChI is InChI=1S/C13H20BrN3O/c1-3-11-9-16(2)5-4-6-17(11)13(18)12-7-10(14)8-15-12/h7-8,11,15H,3-6,9H2,1-2H3. The molecule has 4 nitrogen and oxygen atoms in total. The van der Waals surface area contributed by atoms with E-state index in [-0.39, 0.29) is 5.91 Å². The van der Waals surface area contributed by atoms with Gasteiger partial charge in [0.05, 0.1) is 0 Å². The molecule has 1 aliphatic heterocycles. The van der Waals surface area contributed by atoms with Gasteiger partial charge in [-0.2, -0.15) is 0 Å². The predicted molar refractivity (Wildman–Crippen MR) is 75.7 cm³/mol. The predicted octanol–water partition coefficient (Wildman–Crippen LogP) is 2.33. The summed E-state index contributed by atoms with van der Waals surface area (Å²) in [5.41, 5.74) is 0.671. The molecule has 0 spiro atoms. The molecule has 0 aliphatic carbocycles. The lowest BCUT2D eigenvalue weighted by molar-refractivity contribution is 0.0670. The number of halogens is 1. The second kappa shape index (κ2) is 5.89. The van der Waals surface area contributed by atoms with Gasteiger partial charge in [0.1, 0.15) is 5.69 Å². The molecule has 0 radical (unpaired) electrons. The van der Waals surface area contributed by atoms with Crippen LogP contribution in [0.5, 0.6) is 0 Å². The average Bonchev–Trinajstić information content (AvgIpc) is 2.68. The molecule has 2 heterocycles. The lowest BCUT2D eigenvalue weighted by Gasteiger charge is -2.29. The van der Waals surface area contributed by atoms with Crippen molar-refractivity contribution in [3.05, 3.63) is 22.4 Å². The summed E-state index contributed by atoms with van der Waals surface area (Å²) in [7, 11) is 2.13. The third kappa shape index (κ3) is 2.95. The number of nitrogens with zero attached hydrogens (tertiary/aromatic N) is 2. The zero-order valence-electron chi connectivity index (χ0n) is 10.9. The number of aromatic amines is 1. The Kier molecular flexibility index (Phi) is 4.45. The van der Waals surface area contributed by atoms with Gasteiger partial charge in [0.15, 0.2) is 0 Å². The molecule has 0 bridgehead atoms. The van der Waals surface area contributed by atoms with Crippen molar-refractivity contribution in [1.82, 2.24) is 14.8 Å². The smallest absolute Gasteiger partial charge is 0.270 e. The minimum atomic E-state index is 0.114. The monoisotopic (exact) mass is 313 g/mol. The maximum absolute atomic E-state index is 12.5. The van der Waals surface area contributed by atoms with E-state index in [9.17, 15) is 4.79 Å². The van der Waals surface area contributed by atoms with Gasteiger partial charge in [0.2, 0.25) is 0 Å². The fourth-order valence-electron chi connectivity index (χ4n) is 2.51. The highest BCUT2D eigenvalue weighted by atomic mass is 79.9. The molecule has 5 heteroatoms. The fourth-order valence-corrected chi connectivity index (χ4v) is 2.85. The van der Waals surface area contributed by atoms with Crippen LogP contribution in [-0.2, 0) is 0 Å². The Bertz CT molecular complexity index is 418. The number of carbonyl (C=O) groups excluding carboxylic acids is 1. The molecular formula is C13H20BrN3O. The van der Waals surface area contributed by atoms with Gasteiger partial charge in [-0.25, -0.2) is 0 Å². The highest BCUT2D eigenvalue weighted by molar-refractivity contribution is 9.10. The van der Waals surface area contributed by atoms with Gasteiger partial charge in [0.25, 0.3) is 5.91 Å². The minimum absolute atomic E-state index is 0.114. The number of nitrogens with one attached hydrogen (secondary N) is 1. The van der Waals surface area contributed by atoms with E-state index in [1.807, 2.05) is 11.0 Å². The van der Waals surface area contributed by atoms with Crippen LogP contribution < -0.4 is 0 Å². The SMILES string of the molecule is CCC1CN(C)CCCN1C(=O)c1cc(Br)c[nH]1. The fraction of sp³-hybridized carbons (Fsp3) is 0.615. The Balaban J connectivity index is 2.16. The van der Waals surface area contributed by atoms with Crippen molar-refractivity contribution in [3.63, 3.8) is 0 Å². The van der Waals surface area contributed by atoms with Crippen molar-refractivity contribution in [2.24, 2.45) is 0 Å². The van der Waals surface area contributed by atoms with Crippen molar-refractivity contribution >= 4 is 21.8 Å². The number of likely N-dealkylation sites (N-methyl/N-ethyl adjacent to an activating group) is 1. The second-order valence-electron chi connectivity index (χ2n) is 4.91. The van der Waals surface area contributed by atoms with Gasteiger partial charge < -0.3 is 14.8 Å². The molecule has 1 N–H and O–H groups in total. The van der Waals surface area contributed by atoms with Gasteiger partial charge in [-0.3, -0.25) is 4.79 Å². The van der Waals surface area contributed by atoms with Crippen LogP contribution in [-0.4, -0.2) is 53.4 Å². The van der Waals surface area contributed by atoms with E-state index in [1.165, 1.54) is 0 Å². The lowest BCUT2D eigenvalue weighted by atomic mass is 10.1. The first-order valence-electron chi connectivity index (χ1n) is 6.45. The average molecular weight is 314 g/mol. The Morgan fingerprint density at radius 3 is 2.94 bits per heavy atom. The Morgan fingerprint density at radius 2 is 2.33 bits per heavy atom. The van der Waals surface area contributed by atoms with Gasteiger partial charge in [-0.05, 0) is 48.4 Å². The topological polar surface area (TPSA) is 39.3 Å². The zero-order valence-corrected chi connectivity index (χ0v) is 12.5. The lowest BCUT2D eigenvalue weighted by Crippen LogP contribution is -2.43. The summed E-state index contributed by atoms with van der Waals surface area (Å²) in [5, 5.41) is 0. The number of aromatic nitrogens is 1. The number of H-pyrrole nitrogens is 1. The maximum Gasteiger partial charge on any atom is 0.270 e. The van der Waals surface area contributed by atoms with E-state index >= 15 is 0 Å². The van der Waals surface area contributed by atoms with Crippen LogP contribution in [0, 0.1) is 0 Å². The highest BCUT2D eigenvalue weighted by Crippen LogP contribution is 2.17. The molecule has 1 saturated heterocycles. The Labute approximate surface area is 116 Å². The first-order valence-corrected chi connectivity index (χ1v) is 7.24. The maximum atomic E-state index is 12.5. The summed E-state index contributed by atoms with van der Waals surface area (Å²) in [4.78, 5) is 19.9. The number of amides is 1. The quantitative estimate of drug-likeness (QED) is 0.910. The number of hydrogen-bond donors (Lipinski definition) is 1. The third-order valence-electron chi connectivity index (χ3n) is 3.51. The van der Waals surface area contributed by atoms with Gasteiger partial charge in [-0.1, -0.05) is 6.92 Å². The molecule has 0 aromatic carbocycles. The normalized spacial score (nSPS) is 21.9. The van der Waals surface area contributed by atoms with E-state index in [0.29, 0.717) is 11.7 Å². The van der Waals surface area contributed by atoms with Crippen molar-refractivity contribution in [2.45, 2.75) is 25.8 Å². The number of hydrogen-bond acceptors (Lipinski definition) is 2. The molecule has 2 rings (SSSR count). The van der Waals surface area contributed by atoms with Crippen molar-refractivity contribution in [2.75, 3.05) is 26.7 Å². The molecule has 18 heavy (non-hydrogen) atoms. The summed E-state index contributed by atoms with van der Waals surface area (Å²) in [6.07, 6.45) is 3.84. The van der Waals surface area contributed by atoms with Crippen LogP contribution in [0.4, 0.5) is 0 Å². The van der Waals surface area contributed by atoms with Crippen LogP contribution in [0.3, 0.4) is 0 Å². The molecule has 0 saturated carbocycles. The molecule has 1 atom stereocenters.